The highest BCUT2D eigenvalue weighted by atomic mass is 32.2. The maximum Gasteiger partial charge on any atom is 0.340 e. The number of hydrogen-bond acceptors (Lipinski definition) is 5. The van der Waals surface area contributed by atoms with E-state index in [0.717, 1.165) is 19.3 Å². The lowest BCUT2D eigenvalue weighted by Gasteiger charge is -2.25. The van der Waals surface area contributed by atoms with Crippen LogP contribution in [0.3, 0.4) is 0 Å². The second kappa shape index (κ2) is 11.5. The summed E-state index contributed by atoms with van der Waals surface area (Å²) in [5.74, 6) is -0.0558. The van der Waals surface area contributed by atoms with Crippen molar-refractivity contribution in [2.75, 3.05) is 17.3 Å². The van der Waals surface area contributed by atoms with Gasteiger partial charge < -0.3 is 11.1 Å². The first kappa shape index (κ1) is 25.7. The van der Waals surface area contributed by atoms with E-state index in [4.69, 9.17) is 16.3 Å². The van der Waals surface area contributed by atoms with E-state index >= 15 is 0 Å². The molecule has 0 radical (unpaired) electrons. The van der Waals surface area contributed by atoms with Gasteiger partial charge in [-0.3, -0.25) is 10.8 Å². The summed E-state index contributed by atoms with van der Waals surface area (Å²) >= 11 is 0. The van der Waals surface area contributed by atoms with Gasteiger partial charge >= 0.3 is 6.03 Å². The van der Waals surface area contributed by atoms with Crippen molar-refractivity contribution in [3.63, 3.8) is 0 Å². The third kappa shape index (κ3) is 7.05. The zero-order chi connectivity index (χ0) is 25.4. The molecule has 0 atom stereocenters. The summed E-state index contributed by atoms with van der Waals surface area (Å²) < 4.78 is 23.8. The Labute approximate surface area is 205 Å². The summed E-state index contributed by atoms with van der Waals surface area (Å²) in [6, 6.07) is 20.0. The molecule has 0 aromatic heterocycles. The number of carbonyl (C=O) groups excluding carboxylic acids is 1. The molecule has 3 aromatic rings. The van der Waals surface area contributed by atoms with Gasteiger partial charge in [0.25, 0.3) is 0 Å². The third-order valence-corrected chi connectivity index (χ3v) is 6.28. The van der Waals surface area contributed by atoms with Crippen molar-refractivity contribution in [3.8, 4) is 11.1 Å². The number of amides is 2. The zero-order valence-electron chi connectivity index (χ0n) is 19.5. The van der Waals surface area contributed by atoms with Gasteiger partial charge in [-0.05, 0) is 42.3 Å². The lowest BCUT2D eigenvalue weighted by Crippen LogP contribution is -2.40. The fourth-order valence-electron chi connectivity index (χ4n) is 3.52. The van der Waals surface area contributed by atoms with Crippen molar-refractivity contribution >= 4 is 33.3 Å². The van der Waals surface area contributed by atoms with Gasteiger partial charge in [-0.15, -0.1) is 0 Å². The average molecular weight is 495 g/mol. The first-order valence-electron chi connectivity index (χ1n) is 11.2. The molecule has 0 heterocycles. The van der Waals surface area contributed by atoms with Gasteiger partial charge in [0.05, 0.1) is 10.6 Å². The SMILES string of the molecule is CCCCCN(Nc1cccc(C(=N)N)c1)C(=O)Nc1ccc(-c2ccccc2S(N)(=O)=O)cc1. The van der Waals surface area contributed by atoms with Crippen LogP contribution < -0.4 is 21.6 Å². The Balaban J connectivity index is 1.77. The minimum atomic E-state index is -3.88. The van der Waals surface area contributed by atoms with Gasteiger partial charge in [-0.25, -0.2) is 23.4 Å². The van der Waals surface area contributed by atoms with Crippen LogP contribution in [0.15, 0.2) is 77.7 Å². The Morgan fingerprint density at radius 1 is 0.971 bits per heavy atom. The second-order valence-corrected chi connectivity index (χ2v) is 9.54. The fraction of sp³-hybridized carbons (Fsp3) is 0.200. The Kier molecular flexibility index (Phi) is 8.45. The molecule has 0 aliphatic carbocycles. The number of nitrogens with one attached hydrogen (secondary N) is 3. The van der Waals surface area contributed by atoms with Gasteiger partial charge in [0.2, 0.25) is 10.0 Å². The summed E-state index contributed by atoms with van der Waals surface area (Å²) in [4.78, 5) is 13.1. The number of primary sulfonamides is 1. The normalized spacial score (nSPS) is 11.0. The maximum absolute atomic E-state index is 13.1. The standard InChI is InChI=1S/C25H30N6O3S/c1-2-3-6-16-31(30-21-9-7-8-19(17-21)24(26)27)25(32)29-20-14-12-18(13-15-20)22-10-4-5-11-23(22)35(28,33)34/h4-5,7-15,17,30H,2-3,6,16H2,1H3,(H3,26,27)(H,29,32)(H2,28,33,34). The molecule has 0 bridgehead atoms. The molecule has 9 nitrogen and oxygen atoms in total. The van der Waals surface area contributed by atoms with E-state index in [1.165, 1.54) is 11.1 Å². The summed E-state index contributed by atoms with van der Waals surface area (Å²) in [5, 5.41) is 17.3. The Morgan fingerprint density at radius 3 is 2.34 bits per heavy atom. The minimum Gasteiger partial charge on any atom is -0.384 e. The number of nitrogens with zero attached hydrogens (tertiary/aromatic N) is 1. The lowest BCUT2D eigenvalue weighted by atomic mass is 10.1. The van der Waals surface area contributed by atoms with E-state index in [0.29, 0.717) is 34.6 Å². The van der Waals surface area contributed by atoms with E-state index in [1.54, 1.807) is 66.7 Å². The molecule has 0 unspecified atom stereocenters. The number of sulfonamides is 1. The van der Waals surface area contributed by atoms with Gasteiger partial charge in [-0.1, -0.05) is 62.2 Å². The van der Waals surface area contributed by atoms with Crippen molar-refractivity contribution in [1.82, 2.24) is 5.01 Å². The predicted molar refractivity (Wildman–Crippen MR) is 140 cm³/mol. The number of hydrogen-bond donors (Lipinski definition) is 5. The molecular formula is C25H30N6O3S. The number of unbranched alkanes of at least 4 members (excludes halogenated alkanes) is 2. The summed E-state index contributed by atoms with van der Waals surface area (Å²) in [6.07, 6.45) is 2.79. The molecule has 3 aromatic carbocycles. The van der Waals surface area contributed by atoms with Crippen LogP contribution in [-0.2, 0) is 10.0 Å². The monoisotopic (exact) mass is 494 g/mol. The highest BCUT2D eigenvalue weighted by Gasteiger charge is 2.16. The molecule has 0 spiro atoms. The molecule has 0 aliphatic rings. The van der Waals surface area contributed by atoms with Gasteiger partial charge in [-0.2, -0.15) is 0 Å². The number of hydrazine groups is 1. The van der Waals surface area contributed by atoms with Crippen molar-refractivity contribution in [2.24, 2.45) is 10.9 Å². The Bertz CT molecular complexity index is 1290. The molecule has 0 fully saturated rings. The number of carbonyl (C=O) groups is 1. The van der Waals surface area contributed by atoms with Crippen LogP contribution in [0.25, 0.3) is 11.1 Å². The van der Waals surface area contributed by atoms with Gasteiger partial charge in [0.1, 0.15) is 5.84 Å². The van der Waals surface area contributed by atoms with Crippen molar-refractivity contribution in [2.45, 2.75) is 31.1 Å². The molecule has 2 amide bonds. The van der Waals surface area contributed by atoms with E-state index < -0.39 is 10.0 Å². The van der Waals surface area contributed by atoms with Gasteiger partial charge in [0, 0.05) is 23.4 Å². The number of nitrogen functional groups attached to an aromatic ring is 1. The molecule has 7 N–H and O–H groups in total. The fourth-order valence-corrected chi connectivity index (χ4v) is 4.28. The van der Waals surface area contributed by atoms with Gasteiger partial charge in [0.15, 0.2) is 0 Å². The molecule has 0 saturated carbocycles. The first-order valence-corrected chi connectivity index (χ1v) is 12.8. The number of benzene rings is 3. The lowest BCUT2D eigenvalue weighted by molar-refractivity contribution is 0.221. The highest BCUT2D eigenvalue weighted by Crippen LogP contribution is 2.27. The molecular weight excluding hydrogens is 464 g/mol. The number of rotatable bonds is 10. The zero-order valence-corrected chi connectivity index (χ0v) is 20.3. The van der Waals surface area contributed by atoms with E-state index in [9.17, 15) is 13.2 Å². The molecule has 0 aliphatic heterocycles. The molecule has 0 saturated heterocycles. The van der Waals surface area contributed by atoms with E-state index in [2.05, 4.69) is 17.7 Å². The smallest absolute Gasteiger partial charge is 0.340 e. The highest BCUT2D eigenvalue weighted by molar-refractivity contribution is 7.89. The maximum atomic E-state index is 13.1. The average Bonchev–Trinajstić information content (AvgIpc) is 2.83. The van der Waals surface area contributed by atoms with Crippen LogP contribution in [0.2, 0.25) is 0 Å². The van der Waals surface area contributed by atoms with Crippen molar-refractivity contribution in [1.29, 1.82) is 5.41 Å². The summed E-state index contributed by atoms with van der Waals surface area (Å²) in [6.45, 7) is 2.56. The van der Waals surface area contributed by atoms with Crippen LogP contribution in [-0.4, -0.2) is 31.8 Å². The largest absolute Gasteiger partial charge is 0.384 e. The van der Waals surface area contributed by atoms with E-state index in [-0.39, 0.29) is 16.8 Å². The molecule has 10 heteroatoms. The Hall–Kier alpha value is -3.89. The quantitative estimate of drug-likeness (QED) is 0.123. The number of amidine groups is 1. The van der Waals surface area contributed by atoms with Crippen LogP contribution in [0.1, 0.15) is 31.7 Å². The molecule has 35 heavy (non-hydrogen) atoms. The second-order valence-electron chi connectivity index (χ2n) is 8.01. The minimum absolute atomic E-state index is 0.0378. The Morgan fingerprint density at radius 2 is 1.69 bits per heavy atom. The first-order chi connectivity index (χ1) is 16.7. The van der Waals surface area contributed by atoms with Crippen LogP contribution in [0, 0.1) is 5.41 Å². The number of anilines is 2. The van der Waals surface area contributed by atoms with Crippen molar-refractivity contribution in [3.05, 3.63) is 78.4 Å². The number of urea groups is 1. The van der Waals surface area contributed by atoms with Crippen LogP contribution in [0.4, 0.5) is 16.2 Å². The van der Waals surface area contributed by atoms with Crippen LogP contribution in [0.5, 0.6) is 0 Å². The predicted octanol–water partition coefficient (Wildman–Crippen LogP) is 4.34. The number of nitrogens with two attached hydrogens (primary N) is 2. The third-order valence-electron chi connectivity index (χ3n) is 5.31. The van der Waals surface area contributed by atoms with Crippen molar-refractivity contribution < 1.29 is 13.2 Å². The van der Waals surface area contributed by atoms with E-state index in [1.807, 2.05) is 0 Å². The summed E-state index contributed by atoms with van der Waals surface area (Å²) in [5.41, 5.74) is 11.6. The molecule has 3 rings (SSSR count). The summed E-state index contributed by atoms with van der Waals surface area (Å²) in [7, 11) is -3.88. The topological polar surface area (TPSA) is 154 Å². The molecule has 184 valence electrons. The van der Waals surface area contributed by atoms with Crippen LogP contribution >= 0.6 is 0 Å².